The van der Waals surface area contributed by atoms with Gasteiger partial charge in [-0.2, -0.15) is 0 Å². The number of rotatable bonds is 3. The van der Waals surface area contributed by atoms with Crippen molar-refractivity contribution in [3.8, 4) is 5.88 Å². The van der Waals surface area contributed by atoms with Crippen molar-refractivity contribution in [3.63, 3.8) is 0 Å². The molecule has 1 aliphatic rings. The first-order valence-corrected chi connectivity index (χ1v) is 6.45. The molecule has 0 radical (unpaired) electrons. The summed E-state index contributed by atoms with van der Waals surface area (Å²) in [5.74, 6) is 0.630. The molecule has 0 bridgehead atoms. The van der Waals surface area contributed by atoms with E-state index in [0.717, 1.165) is 12.8 Å². The van der Waals surface area contributed by atoms with Gasteiger partial charge in [-0.3, -0.25) is 4.79 Å². The van der Waals surface area contributed by atoms with Crippen LogP contribution >= 0.6 is 0 Å². The molecule has 1 atom stereocenters. The molecular weight excluding hydrogens is 260 g/mol. The second kappa shape index (κ2) is 5.68. The predicted molar refractivity (Wildman–Crippen MR) is 68.1 cm³/mol. The van der Waals surface area contributed by atoms with Gasteiger partial charge in [0.05, 0.1) is 12.7 Å². The molecule has 1 fully saturated rings. The number of aromatic nitrogens is 3. The Morgan fingerprint density at radius 1 is 1.40 bits per heavy atom. The highest BCUT2D eigenvalue weighted by atomic mass is 16.5. The maximum Gasteiger partial charge on any atom is 0.292 e. The summed E-state index contributed by atoms with van der Waals surface area (Å²) in [6.45, 7) is 1.21. The first-order chi connectivity index (χ1) is 9.83. The van der Waals surface area contributed by atoms with Gasteiger partial charge in [-0.15, -0.1) is 0 Å². The molecular formula is C13H14N4O3. The topological polar surface area (TPSA) is 81.4 Å². The number of piperidine rings is 1. The van der Waals surface area contributed by atoms with Crippen molar-refractivity contribution in [1.29, 1.82) is 0 Å². The maximum absolute atomic E-state index is 12.2. The number of nitrogens with zero attached hydrogens (tertiary/aromatic N) is 4. The first kappa shape index (κ1) is 12.6. The van der Waals surface area contributed by atoms with Gasteiger partial charge < -0.3 is 14.2 Å². The minimum Gasteiger partial charge on any atom is -0.472 e. The number of hydrogen-bond acceptors (Lipinski definition) is 6. The molecule has 1 aliphatic heterocycles. The molecule has 0 N–H and O–H groups in total. The molecule has 1 unspecified atom stereocenters. The lowest BCUT2D eigenvalue weighted by atomic mass is 10.1. The second-order valence-corrected chi connectivity index (χ2v) is 4.56. The second-order valence-electron chi connectivity index (χ2n) is 4.56. The monoisotopic (exact) mass is 274 g/mol. The van der Waals surface area contributed by atoms with Gasteiger partial charge in [0, 0.05) is 24.9 Å². The zero-order chi connectivity index (χ0) is 13.8. The van der Waals surface area contributed by atoms with Gasteiger partial charge in [0.15, 0.2) is 0 Å². The third kappa shape index (κ3) is 2.76. The van der Waals surface area contributed by atoms with E-state index in [9.17, 15) is 4.79 Å². The Bertz CT molecular complexity index is 558. The van der Waals surface area contributed by atoms with Crippen molar-refractivity contribution in [2.45, 2.75) is 18.9 Å². The largest absolute Gasteiger partial charge is 0.472 e. The van der Waals surface area contributed by atoms with E-state index in [-0.39, 0.29) is 17.8 Å². The highest BCUT2D eigenvalue weighted by molar-refractivity contribution is 5.91. The molecule has 3 heterocycles. The number of carbonyl (C=O) groups is 1. The summed E-state index contributed by atoms with van der Waals surface area (Å²) in [5.41, 5.74) is 0. The Hall–Kier alpha value is -2.44. The van der Waals surface area contributed by atoms with E-state index in [1.165, 1.54) is 12.5 Å². The molecule has 0 aliphatic carbocycles. The number of amides is 1. The normalized spacial score (nSPS) is 18.8. The number of ether oxygens (including phenoxy) is 1. The lowest BCUT2D eigenvalue weighted by Gasteiger charge is -2.31. The fourth-order valence-electron chi connectivity index (χ4n) is 2.22. The van der Waals surface area contributed by atoms with Crippen LogP contribution in [0.4, 0.5) is 0 Å². The molecule has 2 aromatic heterocycles. The van der Waals surface area contributed by atoms with Gasteiger partial charge in [0.2, 0.25) is 11.6 Å². The van der Waals surface area contributed by atoms with Gasteiger partial charge >= 0.3 is 0 Å². The third-order valence-electron chi connectivity index (χ3n) is 3.16. The van der Waals surface area contributed by atoms with E-state index in [0.29, 0.717) is 19.0 Å². The summed E-state index contributed by atoms with van der Waals surface area (Å²) in [6, 6.07) is 3.27. The summed E-state index contributed by atoms with van der Waals surface area (Å²) in [7, 11) is 0. The van der Waals surface area contributed by atoms with Crippen molar-refractivity contribution < 1.29 is 14.1 Å². The van der Waals surface area contributed by atoms with Crippen LogP contribution in [0.1, 0.15) is 23.4 Å². The SMILES string of the molecule is O=C(c1ccno1)N1CCCC(Oc2ccncn2)C1. The third-order valence-corrected chi connectivity index (χ3v) is 3.16. The minimum absolute atomic E-state index is 0.0643. The Morgan fingerprint density at radius 2 is 2.35 bits per heavy atom. The smallest absolute Gasteiger partial charge is 0.292 e. The summed E-state index contributed by atoms with van der Waals surface area (Å²) in [4.78, 5) is 21.8. The molecule has 7 nitrogen and oxygen atoms in total. The standard InChI is InChI=1S/C13H14N4O3/c18-13(11-3-6-16-20-11)17-7-1-2-10(8-17)19-12-4-5-14-9-15-12/h3-6,9-10H,1-2,7-8H2. The fraction of sp³-hybridized carbons (Fsp3) is 0.385. The van der Waals surface area contributed by atoms with Crippen molar-refractivity contribution in [2.75, 3.05) is 13.1 Å². The van der Waals surface area contributed by atoms with Crippen molar-refractivity contribution in [1.82, 2.24) is 20.0 Å². The number of carbonyl (C=O) groups excluding carboxylic acids is 1. The maximum atomic E-state index is 12.2. The van der Waals surface area contributed by atoms with Crippen LogP contribution in [0, 0.1) is 0 Å². The van der Waals surface area contributed by atoms with Crippen LogP contribution in [0.2, 0.25) is 0 Å². The summed E-state index contributed by atoms with van der Waals surface area (Å²) < 4.78 is 10.7. The molecule has 20 heavy (non-hydrogen) atoms. The quantitative estimate of drug-likeness (QED) is 0.835. The fourth-order valence-corrected chi connectivity index (χ4v) is 2.22. The Labute approximate surface area is 115 Å². The Balaban J connectivity index is 1.63. The van der Waals surface area contributed by atoms with Crippen molar-refractivity contribution in [3.05, 3.63) is 36.6 Å². The Kier molecular flexibility index (Phi) is 3.58. The van der Waals surface area contributed by atoms with Gasteiger partial charge in [0.25, 0.3) is 5.91 Å². The summed E-state index contributed by atoms with van der Waals surface area (Å²) in [5, 5.41) is 3.55. The van der Waals surface area contributed by atoms with E-state index < -0.39 is 0 Å². The number of hydrogen-bond donors (Lipinski definition) is 0. The highest BCUT2D eigenvalue weighted by Gasteiger charge is 2.27. The van der Waals surface area contributed by atoms with Crippen LogP contribution in [0.25, 0.3) is 0 Å². The molecule has 1 amide bonds. The molecule has 0 spiro atoms. The first-order valence-electron chi connectivity index (χ1n) is 6.45. The zero-order valence-corrected chi connectivity index (χ0v) is 10.8. The molecule has 3 rings (SSSR count). The molecule has 0 saturated carbocycles. The average Bonchev–Trinajstić information content (AvgIpc) is 3.02. The van der Waals surface area contributed by atoms with Crippen LogP contribution in [0.3, 0.4) is 0 Å². The Morgan fingerprint density at radius 3 is 3.10 bits per heavy atom. The molecule has 104 valence electrons. The van der Waals surface area contributed by atoms with Gasteiger partial charge in [0.1, 0.15) is 12.4 Å². The lowest BCUT2D eigenvalue weighted by molar-refractivity contribution is 0.0492. The van der Waals surface area contributed by atoms with Crippen LogP contribution in [0.15, 0.2) is 35.4 Å². The molecule has 0 aromatic carbocycles. The van der Waals surface area contributed by atoms with Gasteiger partial charge in [-0.1, -0.05) is 5.16 Å². The van der Waals surface area contributed by atoms with Crippen molar-refractivity contribution >= 4 is 5.91 Å². The zero-order valence-electron chi connectivity index (χ0n) is 10.8. The summed E-state index contributed by atoms with van der Waals surface area (Å²) in [6.07, 6.45) is 6.25. The van der Waals surface area contributed by atoms with Crippen molar-refractivity contribution in [2.24, 2.45) is 0 Å². The van der Waals surface area contributed by atoms with E-state index in [1.54, 1.807) is 23.2 Å². The minimum atomic E-state index is -0.154. The van der Waals surface area contributed by atoms with Gasteiger partial charge in [-0.05, 0) is 12.8 Å². The highest BCUT2D eigenvalue weighted by Crippen LogP contribution is 2.17. The van der Waals surface area contributed by atoms with Crippen LogP contribution in [0.5, 0.6) is 5.88 Å². The van der Waals surface area contributed by atoms with E-state index >= 15 is 0 Å². The van der Waals surface area contributed by atoms with Crippen LogP contribution in [-0.4, -0.2) is 45.1 Å². The van der Waals surface area contributed by atoms with E-state index in [4.69, 9.17) is 9.26 Å². The van der Waals surface area contributed by atoms with E-state index in [1.807, 2.05) is 0 Å². The molecule has 7 heteroatoms. The van der Waals surface area contributed by atoms with Crippen LogP contribution in [-0.2, 0) is 0 Å². The summed E-state index contributed by atoms with van der Waals surface area (Å²) >= 11 is 0. The lowest BCUT2D eigenvalue weighted by Crippen LogP contribution is -2.44. The van der Waals surface area contributed by atoms with E-state index in [2.05, 4.69) is 15.1 Å². The average molecular weight is 274 g/mol. The molecule has 1 saturated heterocycles. The van der Waals surface area contributed by atoms with Crippen LogP contribution < -0.4 is 4.74 Å². The predicted octanol–water partition coefficient (Wildman–Crippen LogP) is 1.15. The number of likely N-dealkylation sites (tertiary alicyclic amines) is 1. The molecule has 2 aromatic rings. The van der Waals surface area contributed by atoms with Gasteiger partial charge in [-0.25, -0.2) is 9.97 Å².